The second-order valence-electron chi connectivity index (χ2n) is 5.50. The van der Waals surface area contributed by atoms with Crippen LogP contribution >= 0.6 is 11.3 Å². The number of rotatable bonds is 6. The number of nitro groups is 1. The van der Waals surface area contributed by atoms with Crippen molar-refractivity contribution in [2.45, 2.75) is 0 Å². The van der Waals surface area contributed by atoms with Crippen LogP contribution in [0.25, 0.3) is 16.8 Å². The highest BCUT2D eigenvalue weighted by Crippen LogP contribution is 2.29. The summed E-state index contributed by atoms with van der Waals surface area (Å²) in [5.41, 5.74) is 1.35. The molecule has 0 aliphatic rings. The summed E-state index contributed by atoms with van der Waals surface area (Å²) < 4.78 is 18.4. The van der Waals surface area contributed by atoms with Gasteiger partial charge in [-0.15, -0.1) is 11.3 Å². The molecule has 0 unspecified atom stereocenters. The zero-order chi connectivity index (χ0) is 20.1. The van der Waals surface area contributed by atoms with Gasteiger partial charge < -0.3 is 10.1 Å². The number of thiazole rings is 1. The fraction of sp³-hybridized carbons (Fsp3) is 0.0526. The zero-order valence-electron chi connectivity index (χ0n) is 14.5. The molecule has 1 aromatic heterocycles. The van der Waals surface area contributed by atoms with E-state index in [0.717, 1.165) is 17.7 Å². The number of nitrogens with zero attached hydrogens (tertiary/aromatic N) is 3. The van der Waals surface area contributed by atoms with Crippen molar-refractivity contribution in [1.82, 2.24) is 4.98 Å². The lowest BCUT2D eigenvalue weighted by Crippen LogP contribution is -1.97. The third-order valence-electron chi connectivity index (χ3n) is 3.75. The van der Waals surface area contributed by atoms with Crippen molar-refractivity contribution in [1.29, 1.82) is 5.26 Å². The van der Waals surface area contributed by atoms with Gasteiger partial charge in [-0.1, -0.05) is 12.1 Å². The van der Waals surface area contributed by atoms with Crippen LogP contribution in [0.4, 0.5) is 15.8 Å². The van der Waals surface area contributed by atoms with E-state index >= 15 is 0 Å². The Labute approximate surface area is 163 Å². The third kappa shape index (κ3) is 4.13. The molecule has 28 heavy (non-hydrogen) atoms. The van der Waals surface area contributed by atoms with Crippen molar-refractivity contribution >= 4 is 28.3 Å². The van der Waals surface area contributed by atoms with Crippen LogP contribution in [0.15, 0.2) is 54.0 Å². The predicted octanol–water partition coefficient (Wildman–Crippen LogP) is 4.84. The number of hydrogen-bond donors (Lipinski definition) is 1. The highest BCUT2D eigenvalue weighted by atomic mass is 32.1. The SMILES string of the molecule is COc1cccc(-c2csc(/C(C#N)=C/Nc3ccc(F)cc3[N+](=O)[O-])n2)c1. The summed E-state index contributed by atoms with van der Waals surface area (Å²) in [7, 11) is 1.57. The van der Waals surface area contributed by atoms with Crippen molar-refractivity contribution in [2.24, 2.45) is 0 Å². The molecular weight excluding hydrogens is 383 g/mol. The lowest BCUT2D eigenvalue weighted by molar-refractivity contribution is -0.384. The van der Waals surface area contributed by atoms with Gasteiger partial charge in [-0.25, -0.2) is 9.37 Å². The van der Waals surface area contributed by atoms with Crippen LogP contribution in [0, 0.1) is 27.3 Å². The topological polar surface area (TPSA) is 101 Å². The molecule has 9 heteroatoms. The smallest absolute Gasteiger partial charge is 0.295 e. The fourth-order valence-electron chi connectivity index (χ4n) is 2.38. The number of ether oxygens (including phenoxy) is 1. The minimum Gasteiger partial charge on any atom is -0.497 e. The Bertz CT molecular complexity index is 1100. The van der Waals surface area contributed by atoms with Gasteiger partial charge in [-0.3, -0.25) is 10.1 Å². The van der Waals surface area contributed by atoms with Gasteiger partial charge >= 0.3 is 0 Å². The monoisotopic (exact) mass is 396 g/mol. The molecular formula is C19H13FN4O3S. The summed E-state index contributed by atoms with van der Waals surface area (Å²) in [6.07, 6.45) is 1.31. The quantitative estimate of drug-likeness (QED) is 0.363. The molecule has 0 spiro atoms. The first-order valence-electron chi connectivity index (χ1n) is 7.93. The van der Waals surface area contributed by atoms with E-state index in [4.69, 9.17) is 4.74 Å². The molecule has 0 amide bonds. The van der Waals surface area contributed by atoms with E-state index in [1.54, 1.807) is 12.5 Å². The second-order valence-corrected chi connectivity index (χ2v) is 6.36. The number of nitrogens with one attached hydrogen (secondary N) is 1. The molecule has 0 aliphatic carbocycles. The van der Waals surface area contributed by atoms with Gasteiger partial charge in [0, 0.05) is 17.1 Å². The van der Waals surface area contributed by atoms with E-state index in [9.17, 15) is 19.8 Å². The van der Waals surface area contributed by atoms with Crippen LogP contribution in [-0.4, -0.2) is 17.0 Å². The van der Waals surface area contributed by atoms with Crippen molar-refractivity contribution < 1.29 is 14.1 Å². The Balaban J connectivity index is 1.88. The maximum Gasteiger partial charge on any atom is 0.295 e. The van der Waals surface area contributed by atoms with Gasteiger partial charge in [0.05, 0.1) is 23.8 Å². The molecule has 0 fully saturated rings. The zero-order valence-corrected chi connectivity index (χ0v) is 15.4. The number of methoxy groups -OCH3 is 1. The first-order valence-corrected chi connectivity index (χ1v) is 8.81. The number of benzene rings is 2. The molecule has 1 heterocycles. The molecule has 3 rings (SSSR count). The minimum atomic E-state index is -0.718. The second kappa shape index (κ2) is 8.28. The van der Waals surface area contributed by atoms with Crippen LogP contribution in [0.5, 0.6) is 5.75 Å². The number of halogens is 1. The van der Waals surface area contributed by atoms with Crippen LogP contribution in [0.3, 0.4) is 0 Å². The molecule has 3 aromatic rings. The van der Waals surface area contributed by atoms with Gasteiger partial charge in [-0.2, -0.15) is 5.26 Å². The number of nitriles is 1. The summed E-state index contributed by atoms with van der Waals surface area (Å²) in [4.78, 5) is 14.8. The summed E-state index contributed by atoms with van der Waals surface area (Å²) in [5, 5.41) is 25.4. The van der Waals surface area contributed by atoms with Crippen molar-refractivity contribution in [3.8, 4) is 23.1 Å². The first-order chi connectivity index (χ1) is 13.5. The highest BCUT2D eigenvalue weighted by Gasteiger charge is 2.15. The molecule has 2 aromatic carbocycles. The Hall–Kier alpha value is -3.77. The van der Waals surface area contributed by atoms with E-state index < -0.39 is 16.4 Å². The Morgan fingerprint density at radius 2 is 2.21 bits per heavy atom. The van der Waals surface area contributed by atoms with Gasteiger partial charge in [0.15, 0.2) is 0 Å². The molecule has 140 valence electrons. The average molecular weight is 396 g/mol. The van der Waals surface area contributed by atoms with E-state index in [0.29, 0.717) is 16.5 Å². The predicted molar refractivity (Wildman–Crippen MR) is 104 cm³/mol. The van der Waals surface area contributed by atoms with E-state index in [-0.39, 0.29) is 11.3 Å². The number of allylic oxidation sites excluding steroid dienone is 1. The Morgan fingerprint density at radius 3 is 2.93 bits per heavy atom. The summed E-state index contributed by atoms with van der Waals surface area (Å²) in [5.74, 6) is -0.0297. The lowest BCUT2D eigenvalue weighted by Gasteiger charge is -2.03. The average Bonchev–Trinajstić information content (AvgIpc) is 3.19. The molecule has 1 N–H and O–H groups in total. The fourth-order valence-corrected chi connectivity index (χ4v) is 3.18. The lowest BCUT2D eigenvalue weighted by atomic mass is 10.1. The van der Waals surface area contributed by atoms with Crippen molar-refractivity contribution in [2.75, 3.05) is 12.4 Å². The van der Waals surface area contributed by atoms with E-state index in [1.165, 1.54) is 23.6 Å². The Kier molecular flexibility index (Phi) is 5.62. The summed E-state index contributed by atoms with van der Waals surface area (Å²) in [6.45, 7) is 0. The molecule has 0 radical (unpaired) electrons. The van der Waals surface area contributed by atoms with Crippen LogP contribution < -0.4 is 10.1 Å². The van der Waals surface area contributed by atoms with Crippen LogP contribution in [0.2, 0.25) is 0 Å². The molecule has 0 bridgehead atoms. The molecule has 0 aliphatic heterocycles. The van der Waals surface area contributed by atoms with Gasteiger partial charge in [0.2, 0.25) is 0 Å². The van der Waals surface area contributed by atoms with Gasteiger partial charge in [-0.05, 0) is 24.3 Å². The van der Waals surface area contributed by atoms with Crippen LogP contribution in [-0.2, 0) is 0 Å². The van der Waals surface area contributed by atoms with E-state index in [2.05, 4.69) is 10.3 Å². The Morgan fingerprint density at radius 1 is 1.39 bits per heavy atom. The molecule has 0 saturated heterocycles. The first kappa shape index (κ1) is 19.0. The number of hydrogen-bond acceptors (Lipinski definition) is 7. The van der Waals surface area contributed by atoms with E-state index in [1.807, 2.05) is 30.3 Å². The number of aromatic nitrogens is 1. The number of anilines is 1. The summed E-state index contributed by atoms with van der Waals surface area (Å²) >= 11 is 1.26. The third-order valence-corrected chi connectivity index (χ3v) is 4.62. The number of nitro benzene ring substituents is 1. The highest BCUT2D eigenvalue weighted by molar-refractivity contribution is 7.11. The molecule has 0 saturated carbocycles. The standard InChI is InChI=1S/C19H13FN4O3S/c1-27-15-4-2-3-12(7-15)17-11-28-19(23-17)13(9-21)10-22-16-6-5-14(20)8-18(16)24(25)26/h2-8,10-11,22H,1H3/b13-10+. The molecule has 7 nitrogen and oxygen atoms in total. The minimum absolute atomic E-state index is 0.0729. The van der Waals surface area contributed by atoms with Gasteiger partial charge in [0.1, 0.15) is 33.9 Å². The largest absolute Gasteiger partial charge is 0.497 e. The maximum absolute atomic E-state index is 13.2. The summed E-state index contributed by atoms with van der Waals surface area (Å²) in [6, 6.07) is 12.5. The molecule has 0 atom stereocenters. The van der Waals surface area contributed by atoms with Crippen molar-refractivity contribution in [3.05, 3.63) is 75.0 Å². The van der Waals surface area contributed by atoms with Crippen molar-refractivity contribution in [3.63, 3.8) is 0 Å². The normalized spacial score (nSPS) is 11.0. The maximum atomic E-state index is 13.2. The van der Waals surface area contributed by atoms with Crippen LogP contribution in [0.1, 0.15) is 5.01 Å². The van der Waals surface area contributed by atoms with Gasteiger partial charge in [0.25, 0.3) is 5.69 Å².